The molecule has 2 aromatic carbocycles. The molecule has 0 aromatic heterocycles. The number of nitrogens with one attached hydrogen (secondary N) is 1. The lowest BCUT2D eigenvalue weighted by Crippen LogP contribution is -2.30. The van der Waals surface area contributed by atoms with Crippen molar-refractivity contribution < 1.29 is 4.79 Å². The summed E-state index contributed by atoms with van der Waals surface area (Å²) in [5.74, 6) is -0.122. The van der Waals surface area contributed by atoms with Crippen LogP contribution >= 0.6 is 11.6 Å². The van der Waals surface area contributed by atoms with Crippen LogP contribution < -0.4 is 5.32 Å². The van der Waals surface area contributed by atoms with Crippen LogP contribution in [0.5, 0.6) is 0 Å². The topological polar surface area (TPSA) is 56.1 Å². The molecule has 0 aliphatic carbocycles. The summed E-state index contributed by atoms with van der Waals surface area (Å²) >= 11 is 5.97. The number of halogens is 1. The summed E-state index contributed by atoms with van der Waals surface area (Å²) in [6.07, 6.45) is 0. The van der Waals surface area contributed by atoms with E-state index in [1.807, 2.05) is 18.0 Å². The van der Waals surface area contributed by atoms with Crippen molar-refractivity contribution in [1.82, 2.24) is 4.90 Å². The third-order valence-electron chi connectivity index (χ3n) is 3.73. The van der Waals surface area contributed by atoms with Crippen molar-refractivity contribution in [1.29, 1.82) is 5.26 Å². The first kappa shape index (κ1) is 18.0. The highest BCUT2D eigenvalue weighted by atomic mass is 35.5. The van der Waals surface area contributed by atoms with E-state index in [9.17, 15) is 4.79 Å². The molecule has 0 aliphatic rings. The summed E-state index contributed by atoms with van der Waals surface area (Å²) in [5, 5.41) is 12.0. The highest BCUT2D eigenvalue weighted by Gasteiger charge is 2.10. The van der Waals surface area contributed by atoms with Crippen LogP contribution in [0.25, 0.3) is 0 Å². The second kappa shape index (κ2) is 7.96. The Morgan fingerprint density at radius 3 is 2.62 bits per heavy atom. The zero-order chi connectivity index (χ0) is 17.7. The number of amides is 1. The molecule has 0 fully saturated rings. The number of carbonyl (C=O) groups excluding carboxylic acids is 1. The number of carbonyl (C=O) groups is 1. The molecule has 2 aromatic rings. The summed E-state index contributed by atoms with van der Waals surface area (Å²) in [5.41, 5.74) is 4.64. The van der Waals surface area contributed by atoms with Crippen molar-refractivity contribution in [3.63, 3.8) is 0 Å². The zero-order valence-electron chi connectivity index (χ0n) is 14.1. The number of hydrogen-bond acceptors (Lipinski definition) is 3. The number of nitriles is 1. The Hall–Kier alpha value is -2.35. The lowest BCUT2D eigenvalue weighted by Gasteiger charge is -2.18. The van der Waals surface area contributed by atoms with E-state index >= 15 is 0 Å². The van der Waals surface area contributed by atoms with Gasteiger partial charge in [-0.1, -0.05) is 35.4 Å². The average molecular weight is 342 g/mol. The molecule has 0 radical (unpaired) electrons. The van der Waals surface area contributed by atoms with Crippen molar-refractivity contribution in [3.8, 4) is 6.07 Å². The van der Waals surface area contributed by atoms with Crippen LogP contribution in [0.15, 0.2) is 36.4 Å². The average Bonchev–Trinajstić information content (AvgIpc) is 2.50. The number of rotatable bonds is 5. The second-order valence-corrected chi connectivity index (χ2v) is 6.36. The minimum absolute atomic E-state index is 0.122. The van der Waals surface area contributed by atoms with E-state index in [0.717, 1.165) is 0 Å². The van der Waals surface area contributed by atoms with Crippen molar-refractivity contribution >= 4 is 23.2 Å². The summed E-state index contributed by atoms with van der Waals surface area (Å²) in [7, 11) is 1.91. The summed E-state index contributed by atoms with van der Waals surface area (Å²) < 4.78 is 0. The fraction of sp³-hybridized carbons (Fsp3) is 0.263. The molecule has 0 bridgehead atoms. The molecule has 1 amide bonds. The van der Waals surface area contributed by atoms with Gasteiger partial charge in [-0.05, 0) is 50.2 Å². The largest absolute Gasteiger partial charge is 0.325 e. The van der Waals surface area contributed by atoms with Crippen molar-refractivity contribution in [2.75, 3.05) is 18.9 Å². The predicted molar refractivity (Wildman–Crippen MR) is 97.0 cm³/mol. The number of likely N-dealkylation sites (N-methyl/N-ethyl adjacent to an activating group) is 1. The van der Waals surface area contributed by atoms with Gasteiger partial charge in [-0.3, -0.25) is 9.69 Å². The van der Waals surface area contributed by atoms with E-state index in [4.69, 9.17) is 16.9 Å². The highest BCUT2D eigenvalue weighted by Crippen LogP contribution is 2.20. The van der Waals surface area contributed by atoms with Gasteiger partial charge in [0.25, 0.3) is 0 Å². The SMILES string of the molecule is Cc1ccc(CN(C)CC(=O)Nc2ccc(C#N)c(Cl)c2)c(C)c1. The third kappa shape index (κ3) is 4.82. The van der Waals surface area contributed by atoms with Crippen LogP contribution in [0, 0.1) is 25.2 Å². The minimum Gasteiger partial charge on any atom is -0.325 e. The van der Waals surface area contributed by atoms with Gasteiger partial charge in [-0.15, -0.1) is 0 Å². The van der Waals surface area contributed by atoms with Gasteiger partial charge in [0, 0.05) is 12.2 Å². The maximum atomic E-state index is 12.2. The molecular weight excluding hydrogens is 322 g/mol. The van der Waals surface area contributed by atoms with E-state index < -0.39 is 0 Å². The standard InChI is InChI=1S/C19H20ClN3O/c1-13-4-5-16(14(2)8-13)11-23(3)12-19(24)22-17-7-6-15(10-21)18(20)9-17/h4-9H,11-12H2,1-3H3,(H,22,24). The number of benzene rings is 2. The normalized spacial score (nSPS) is 10.5. The summed E-state index contributed by atoms with van der Waals surface area (Å²) in [6, 6.07) is 13.2. The van der Waals surface area contributed by atoms with E-state index in [1.54, 1.807) is 18.2 Å². The molecule has 0 spiro atoms. The fourth-order valence-electron chi connectivity index (χ4n) is 2.50. The van der Waals surface area contributed by atoms with E-state index in [1.165, 1.54) is 16.7 Å². The molecule has 2 rings (SSSR count). The Labute approximate surface area is 147 Å². The number of nitrogens with zero attached hydrogens (tertiary/aromatic N) is 2. The Kier molecular flexibility index (Phi) is 5.97. The second-order valence-electron chi connectivity index (χ2n) is 5.96. The first-order valence-corrected chi connectivity index (χ1v) is 8.01. The molecule has 0 aliphatic heterocycles. The van der Waals surface area contributed by atoms with Gasteiger partial charge in [0.1, 0.15) is 6.07 Å². The monoisotopic (exact) mass is 341 g/mol. The van der Waals surface area contributed by atoms with Crippen LogP contribution in [0.1, 0.15) is 22.3 Å². The van der Waals surface area contributed by atoms with Gasteiger partial charge in [0.2, 0.25) is 5.91 Å². The lowest BCUT2D eigenvalue weighted by molar-refractivity contribution is -0.117. The number of aryl methyl sites for hydroxylation is 2. The number of anilines is 1. The molecule has 1 N–H and O–H groups in total. The molecule has 0 heterocycles. The maximum Gasteiger partial charge on any atom is 0.238 e. The molecule has 124 valence electrons. The van der Waals surface area contributed by atoms with E-state index in [-0.39, 0.29) is 12.5 Å². The third-order valence-corrected chi connectivity index (χ3v) is 4.04. The van der Waals surface area contributed by atoms with Gasteiger partial charge < -0.3 is 5.32 Å². The molecule has 0 saturated carbocycles. The maximum absolute atomic E-state index is 12.2. The Morgan fingerprint density at radius 1 is 1.25 bits per heavy atom. The van der Waals surface area contributed by atoms with Gasteiger partial charge >= 0.3 is 0 Å². The zero-order valence-corrected chi connectivity index (χ0v) is 14.8. The van der Waals surface area contributed by atoms with E-state index in [2.05, 4.69) is 37.4 Å². The Morgan fingerprint density at radius 2 is 2.00 bits per heavy atom. The molecule has 24 heavy (non-hydrogen) atoms. The van der Waals surface area contributed by atoms with Crippen LogP contribution in [0.2, 0.25) is 5.02 Å². The first-order valence-electron chi connectivity index (χ1n) is 7.63. The van der Waals surface area contributed by atoms with Gasteiger partial charge in [-0.25, -0.2) is 0 Å². The quantitative estimate of drug-likeness (QED) is 0.897. The van der Waals surface area contributed by atoms with Crippen molar-refractivity contribution in [2.45, 2.75) is 20.4 Å². The molecular formula is C19H20ClN3O. The van der Waals surface area contributed by atoms with Gasteiger partial charge in [0.05, 0.1) is 17.1 Å². The minimum atomic E-state index is -0.122. The molecule has 0 saturated heterocycles. The fourth-order valence-corrected chi connectivity index (χ4v) is 2.72. The van der Waals surface area contributed by atoms with E-state index in [0.29, 0.717) is 22.8 Å². The summed E-state index contributed by atoms with van der Waals surface area (Å²) in [6.45, 7) is 5.12. The lowest BCUT2D eigenvalue weighted by atomic mass is 10.1. The van der Waals surface area contributed by atoms with Crippen LogP contribution in [-0.2, 0) is 11.3 Å². The first-order chi connectivity index (χ1) is 11.4. The van der Waals surface area contributed by atoms with Crippen molar-refractivity contribution in [2.24, 2.45) is 0 Å². The van der Waals surface area contributed by atoms with Gasteiger partial charge in [0.15, 0.2) is 0 Å². The van der Waals surface area contributed by atoms with Crippen LogP contribution in [0.3, 0.4) is 0 Å². The predicted octanol–water partition coefficient (Wildman–Crippen LogP) is 3.90. The van der Waals surface area contributed by atoms with Crippen LogP contribution in [0.4, 0.5) is 5.69 Å². The number of hydrogen-bond donors (Lipinski definition) is 1. The summed E-state index contributed by atoms with van der Waals surface area (Å²) in [4.78, 5) is 14.1. The van der Waals surface area contributed by atoms with Gasteiger partial charge in [-0.2, -0.15) is 5.26 Å². The van der Waals surface area contributed by atoms with Crippen molar-refractivity contribution in [3.05, 3.63) is 63.7 Å². The smallest absolute Gasteiger partial charge is 0.238 e. The van der Waals surface area contributed by atoms with Crippen LogP contribution in [-0.4, -0.2) is 24.4 Å². The molecule has 5 heteroatoms. The molecule has 4 nitrogen and oxygen atoms in total. The Balaban J connectivity index is 1.94. The molecule has 0 unspecified atom stereocenters. The Bertz CT molecular complexity index is 796. The highest BCUT2D eigenvalue weighted by molar-refractivity contribution is 6.32. The molecule has 0 atom stereocenters.